The number of para-hydroxylation sites is 1. The van der Waals surface area contributed by atoms with Crippen LogP contribution in [0.3, 0.4) is 0 Å². The lowest BCUT2D eigenvalue weighted by molar-refractivity contribution is 0.0956. The standard InChI is InChI=1S/C10H13ClN2O/c1-6(13-2)10(14)7-4-3-5-8(11)9(7)12/h3-6,13H,12H2,1-2H3. The normalized spacial score (nSPS) is 12.5. The van der Waals surface area contributed by atoms with Gasteiger partial charge in [0.2, 0.25) is 0 Å². The second-order valence-corrected chi connectivity index (χ2v) is 3.48. The number of rotatable bonds is 3. The summed E-state index contributed by atoms with van der Waals surface area (Å²) in [5, 5.41) is 3.28. The lowest BCUT2D eigenvalue weighted by atomic mass is 10.0. The number of hydrogen-bond donors (Lipinski definition) is 2. The van der Waals surface area contributed by atoms with Crippen LogP contribution >= 0.6 is 11.6 Å². The Kier molecular flexibility index (Phi) is 3.49. The van der Waals surface area contributed by atoms with Crippen LogP contribution in [0, 0.1) is 0 Å². The van der Waals surface area contributed by atoms with E-state index in [4.69, 9.17) is 17.3 Å². The van der Waals surface area contributed by atoms with Crippen molar-refractivity contribution in [2.24, 2.45) is 0 Å². The van der Waals surface area contributed by atoms with Gasteiger partial charge >= 0.3 is 0 Å². The van der Waals surface area contributed by atoms with Crippen molar-refractivity contribution in [3.05, 3.63) is 28.8 Å². The molecule has 3 nitrogen and oxygen atoms in total. The number of likely N-dealkylation sites (N-methyl/N-ethyl adjacent to an activating group) is 1. The van der Waals surface area contributed by atoms with Gasteiger partial charge in [-0.1, -0.05) is 17.7 Å². The van der Waals surface area contributed by atoms with Crippen LogP contribution in [-0.4, -0.2) is 18.9 Å². The molecule has 1 aromatic rings. The maximum atomic E-state index is 11.7. The monoisotopic (exact) mass is 212 g/mol. The number of nitrogen functional groups attached to an aromatic ring is 1. The fraction of sp³-hybridized carbons (Fsp3) is 0.300. The minimum absolute atomic E-state index is 0.0486. The Labute approximate surface area is 88.2 Å². The molecule has 0 amide bonds. The Morgan fingerprint density at radius 2 is 2.21 bits per heavy atom. The Balaban J connectivity index is 3.07. The van der Waals surface area contributed by atoms with Crippen molar-refractivity contribution in [1.29, 1.82) is 0 Å². The molecule has 1 atom stereocenters. The summed E-state index contributed by atoms with van der Waals surface area (Å²) >= 11 is 5.81. The minimum Gasteiger partial charge on any atom is -0.397 e. The average Bonchev–Trinajstić information content (AvgIpc) is 2.20. The number of Topliss-reactive ketones (excluding diaryl/α,β-unsaturated/α-hetero) is 1. The van der Waals surface area contributed by atoms with Crippen LogP contribution in [-0.2, 0) is 0 Å². The van der Waals surface area contributed by atoms with Crippen LogP contribution in [0.2, 0.25) is 5.02 Å². The van der Waals surface area contributed by atoms with E-state index in [1.165, 1.54) is 0 Å². The van der Waals surface area contributed by atoms with Gasteiger partial charge in [0.05, 0.1) is 16.8 Å². The predicted octanol–water partition coefficient (Wildman–Crippen LogP) is 1.71. The number of nitrogens with one attached hydrogen (secondary N) is 1. The van der Waals surface area contributed by atoms with Crippen molar-refractivity contribution in [3.63, 3.8) is 0 Å². The van der Waals surface area contributed by atoms with Crippen LogP contribution in [0.25, 0.3) is 0 Å². The zero-order valence-corrected chi connectivity index (χ0v) is 8.93. The maximum absolute atomic E-state index is 11.7. The largest absolute Gasteiger partial charge is 0.397 e. The van der Waals surface area contributed by atoms with Gasteiger partial charge in [0.15, 0.2) is 5.78 Å². The van der Waals surface area contributed by atoms with Gasteiger partial charge in [-0.15, -0.1) is 0 Å². The number of hydrogen-bond acceptors (Lipinski definition) is 3. The minimum atomic E-state index is -0.254. The van der Waals surface area contributed by atoms with E-state index in [0.717, 1.165) is 0 Å². The van der Waals surface area contributed by atoms with E-state index >= 15 is 0 Å². The van der Waals surface area contributed by atoms with Crippen molar-refractivity contribution in [2.75, 3.05) is 12.8 Å². The highest BCUT2D eigenvalue weighted by atomic mass is 35.5. The van der Waals surface area contributed by atoms with Crippen LogP contribution < -0.4 is 11.1 Å². The molecular formula is C10H13ClN2O. The second-order valence-electron chi connectivity index (χ2n) is 3.08. The molecule has 76 valence electrons. The third-order valence-electron chi connectivity index (χ3n) is 2.14. The summed E-state index contributed by atoms with van der Waals surface area (Å²) in [5.74, 6) is -0.0486. The van der Waals surface area contributed by atoms with E-state index in [2.05, 4.69) is 5.32 Å². The number of halogens is 1. The molecule has 0 bridgehead atoms. The molecule has 4 heteroatoms. The molecule has 0 aliphatic carbocycles. The predicted molar refractivity (Wildman–Crippen MR) is 58.7 cm³/mol. The Hall–Kier alpha value is -1.06. The molecule has 0 radical (unpaired) electrons. The highest BCUT2D eigenvalue weighted by Gasteiger charge is 2.16. The van der Waals surface area contributed by atoms with E-state index in [-0.39, 0.29) is 11.8 Å². The molecule has 0 aliphatic rings. The van der Waals surface area contributed by atoms with E-state index in [1.54, 1.807) is 32.2 Å². The first kappa shape index (κ1) is 11.0. The molecule has 1 unspecified atom stereocenters. The summed E-state index contributed by atoms with van der Waals surface area (Å²) < 4.78 is 0. The first-order chi connectivity index (χ1) is 6.57. The van der Waals surface area contributed by atoms with Gasteiger partial charge in [-0.25, -0.2) is 0 Å². The maximum Gasteiger partial charge on any atom is 0.181 e. The zero-order valence-electron chi connectivity index (χ0n) is 8.17. The Morgan fingerprint density at radius 1 is 1.57 bits per heavy atom. The molecule has 0 fully saturated rings. The number of nitrogens with two attached hydrogens (primary N) is 1. The van der Waals surface area contributed by atoms with E-state index < -0.39 is 0 Å². The first-order valence-electron chi connectivity index (χ1n) is 4.33. The zero-order chi connectivity index (χ0) is 10.7. The van der Waals surface area contributed by atoms with E-state index in [9.17, 15) is 4.79 Å². The summed E-state index contributed by atoms with van der Waals surface area (Å²) in [5.41, 5.74) is 6.52. The lowest BCUT2D eigenvalue weighted by Crippen LogP contribution is -2.31. The van der Waals surface area contributed by atoms with Gasteiger partial charge in [-0.05, 0) is 26.1 Å². The summed E-state index contributed by atoms with van der Waals surface area (Å²) in [4.78, 5) is 11.7. The van der Waals surface area contributed by atoms with Gasteiger partial charge in [0, 0.05) is 5.56 Å². The number of ketones is 1. The fourth-order valence-corrected chi connectivity index (χ4v) is 1.29. The molecule has 1 rings (SSSR count). The molecule has 0 saturated heterocycles. The van der Waals surface area contributed by atoms with Crippen molar-refractivity contribution < 1.29 is 4.79 Å². The molecule has 0 aromatic heterocycles. The average molecular weight is 213 g/mol. The molecule has 1 aromatic carbocycles. The third-order valence-corrected chi connectivity index (χ3v) is 2.47. The highest BCUT2D eigenvalue weighted by molar-refractivity contribution is 6.34. The van der Waals surface area contributed by atoms with Crippen molar-refractivity contribution in [1.82, 2.24) is 5.32 Å². The van der Waals surface area contributed by atoms with Crippen molar-refractivity contribution in [3.8, 4) is 0 Å². The number of carbonyl (C=O) groups is 1. The summed E-state index contributed by atoms with van der Waals surface area (Å²) in [6.07, 6.45) is 0. The number of anilines is 1. The first-order valence-corrected chi connectivity index (χ1v) is 4.71. The fourth-order valence-electron chi connectivity index (χ4n) is 1.12. The van der Waals surface area contributed by atoms with Crippen LogP contribution in [0.1, 0.15) is 17.3 Å². The molecule has 14 heavy (non-hydrogen) atoms. The van der Waals surface area contributed by atoms with E-state index in [1.807, 2.05) is 0 Å². The molecule has 3 N–H and O–H groups in total. The Morgan fingerprint density at radius 3 is 2.79 bits per heavy atom. The number of carbonyl (C=O) groups excluding carboxylic acids is 1. The Bertz CT molecular complexity index is 352. The quantitative estimate of drug-likeness (QED) is 0.593. The van der Waals surface area contributed by atoms with Crippen LogP contribution in [0.4, 0.5) is 5.69 Å². The second kappa shape index (κ2) is 4.44. The molecular weight excluding hydrogens is 200 g/mol. The molecule has 0 heterocycles. The van der Waals surface area contributed by atoms with Gasteiger partial charge < -0.3 is 11.1 Å². The van der Waals surface area contributed by atoms with Crippen molar-refractivity contribution >= 4 is 23.1 Å². The van der Waals surface area contributed by atoms with Crippen LogP contribution in [0.15, 0.2) is 18.2 Å². The lowest BCUT2D eigenvalue weighted by Gasteiger charge is -2.11. The van der Waals surface area contributed by atoms with Crippen LogP contribution in [0.5, 0.6) is 0 Å². The van der Waals surface area contributed by atoms with Gasteiger partial charge in [-0.3, -0.25) is 4.79 Å². The number of benzene rings is 1. The van der Waals surface area contributed by atoms with Gasteiger partial charge in [0.25, 0.3) is 0 Å². The summed E-state index contributed by atoms with van der Waals surface area (Å²) in [7, 11) is 1.73. The SMILES string of the molecule is CNC(C)C(=O)c1cccc(Cl)c1N. The van der Waals surface area contributed by atoms with E-state index in [0.29, 0.717) is 16.3 Å². The smallest absolute Gasteiger partial charge is 0.181 e. The summed E-state index contributed by atoms with van der Waals surface area (Å²) in [6.45, 7) is 1.78. The topological polar surface area (TPSA) is 55.1 Å². The molecule has 0 saturated carbocycles. The highest BCUT2D eigenvalue weighted by Crippen LogP contribution is 2.23. The third kappa shape index (κ3) is 2.05. The molecule has 0 aliphatic heterocycles. The van der Waals surface area contributed by atoms with Gasteiger partial charge in [-0.2, -0.15) is 0 Å². The van der Waals surface area contributed by atoms with Crippen molar-refractivity contribution in [2.45, 2.75) is 13.0 Å². The molecule has 0 spiro atoms. The van der Waals surface area contributed by atoms with Gasteiger partial charge in [0.1, 0.15) is 0 Å². The summed E-state index contributed by atoms with van der Waals surface area (Å²) in [6, 6.07) is 4.81.